The van der Waals surface area contributed by atoms with Gasteiger partial charge in [-0.3, -0.25) is 0 Å². The summed E-state index contributed by atoms with van der Waals surface area (Å²) in [6.07, 6.45) is 11.6. The molecule has 0 nitrogen and oxygen atoms in total. The van der Waals surface area contributed by atoms with Crippen molar-refractivity contribution in [2.24, 2.45) is 0 Å². The van der Waals surface area contributed by atoms with Crippen LogP contribution in [0.4, 0.5) is 0 Å². The van der Waals surface area contributed by atoms with Crippen LogP contribution in [0.2, 0.25) is 0 Å². The van der Waals surface area contributed by atoms with E-state index >= 15 is 0 Å². The van der Waals surface area contributed by atoms with Crippen molar-refractivity contribution in [3.8, 4) is 0 Å². The highest BCUT2D eigenvalue weighted by molar-refractivity contribution is 5.85. The smallest absolute Gasteiger partial charge is 0.0152 e. The second-order valence-electron chi connectivity index (χ2n) is 5.31. The highest BCUT2D eigenvalue weighted by atomic mass is 14.0. The van der Waals surface area contributed by atoms with Gasteiger partial charge >= 0.3 is 0 Å². The predicted octanol–water partition coefficient (Wildman–Crippen LogP) is 5.95. The lowest BCUT2D eigenvalue weighted by Gasteiger charge is -2.06. The Balaban J connectivity index is 1.78. The van der Waals surface area contributed by atoms with E-state index in [1.165, 1.54) is 61.3 Å². The number of rotatable bonds is 8. The van der Waals surface area contributed by atoms with Crippen molar-refractivity contribution >= 4 is 10.8 Å². The van der Waals surface area contributed by atoms with Crippen molar-refractivity contribution in [3.05, 3.63) is 54.4 Å². The minimum atomic E-state index is 1.18. The molecule has 1 radical (unpaired) electrons. The minimum Gasteiger partial charge on any atom is -0.0654 e. The molecular weight excluding hydrogens is 228 g/mol. The van der Waals surface area contributed by atoms with Crippen molar-refractivity contribution in [1.82, 2.24) is 0 Å². The molecule has 0 atom stereocenters. The van der Waals surface area contributed by atoms with Gasteiger partial charge in [0.05, 0.1) is 0 Å². The van der Waals surface area contributed by atoms with Crippen LogP contribution in [0.15, 0.2) is 42.5 Å². The van der Waals surface area contributed by atoms with Crippen LogP contribution >= 0.6 is 0 Å². The average molecular weight is 253 g/mol. The van der Waals surface area contributed by atoms with Crippen LogP contribution in [-0.2, 0) is 6.42 Å². The van der Waals surface area contributed by atoms with Crippen LogP contribution in [0, 0.1) is 6.42 Å². The fraction of sp³-hybridized carbons (Fsp3) is 0.421. The Bertz CT molecular complexity index is 479. The molecule has 0 aromatic heterocycles. The molecule has 0 amide bonds. The molecule has 0 heteroatoms. The van der Waals surface area contributed by atoms with Gasteiger partial charge in [0, 0.05) is 0 Å². The van der Waals surface area contributed by atoms with Crippen LogP contribution in [0.1, 0.15) is 51.0 Å². The highest BCUT2D eigenvalue weighted by Crippen LogP contribution is 2.20. The summed E-state index contributed by atoms with van der Waals surface area (Å²) in [6, 6.07) is 15.4. The van der Waals surface area contributed by atoms with E-state index in [9.17, 15) is 0 Å². The normalized spacial score (nSPS) is 11.0. The topological polar surface area (TPSA) is 0 Å². The molecule has 0 bridgehead atoms. The van der Waals surface area contributed by atoms with Gasteiger partial charge in [0.15, 0.2) is 0 Å². The van der Waals surface area contributed by atoms with E-state index in [0.717, 1.165) is 0 Å². The standard InChI is InChI=1S/C19H25/c1-2-3-4-5-6-7-8-12-17-14-11-15-18-13-9-10-16-19(17)18/h7,9-11,13-16H,2-6,8,12H2,1H3. The summed E-state index contributed by atoms with van der Waals surface area (Å²) in [6.45, 7) is 2.27. The van der Waals surface area contributed by atoms with E-state index in [1.54, 1.807) is 0 Å². The van der Waals surface area contributed by atoms with Gasteiger partial charge in [-0.2, -0.15) is 0 Å². The van der Waals surface area contributed by atoms with Crippen molar-refractivity contribution in [3.63, 3.8) is 0 Å². The Morgan fingerprint density at radius 3 is 2.58 bits per heavy atom. The maximum absolute atomic E-state index is 2.47. The molecule has 2 aromatic rings. The van der Waals surface area contributed by atoms with Gasteiger partial charge in [0.25, 0.3) is 0 Å². The van der Waals surface area contributed by atoms with Crippen LogP contribution in [0.3, 0.4) is 0 Å². The lowest BCUT2D eigenvalue weighted by molar-refractivity contribution is 0.651. The molecule has 0 aliphatic heterocycles. The summed E-state index contributed by atoms with van der Waals surface area (Å²) in [5.41, 5.74) is 1.49. The van der Waals surface area contributed by atoms with E-state index in [1.807, 2.05) is 0 Å². The Labute approximate surface area is 117 Å². The zero-order valence-electron chi connectivity index (χ0n) is 12.1. The highest BCUT2D eigenvalue weighted by Gasteiger charge is 2.00. The lowest BCUT2D eigenvalue weighted by Crippen LogP contribution is -1.89. The molecule has 0 heterocycles. The molecule has 0 unspecified atom stereocenters. The van der Waals surface area contributed by atoms with Crippen LogP contribution in [0.5, 0.6) is 0 Å². The molecule has 0 saturated carbocycles. The molecular formula is C19H25. The van der Waals surface area contributed by atoms with E-state index in [4.69, 9.17) is 0 Å². The number of hydrogen-bond acceptors (Lipinski definition) is 0. The van der Waals surface area contributed by atoms with Crippen molar-refractivity contribution in [2.75, 3.05) is 0 Å². The molecule has 19 heavy (non-hydrogen) atoms. The fourth-order valence-electron chi connectivity index (χ4n) is 2.63. The van der Waals surface area contributed by atoms with E-state index < -0.39 is 0 Å². The van der Waals surface area contributed by atoms with E-state index in [2.05, 4.69) is 55.8 Å². The zero-order valence-corrected chi connectivity index (χ0v) is 12.1. The zero-order chi connectivity index (χ0) is 13.3. The Morgan fingerprint density at radius 2 is 1.68 bits per heavy atom. The number of unbranched alkanes of at least 4 members (excludes halogenated alkanes) is 6. The predicted molar refractivity (Wildman–Crippen MR) is 85.3 cm³/mol. The first-order chi connectivity index (χ1) is 9.42. The molecule has 2 aromatic carbocycles. The first-order valence-corrected chi connectivity index (χ1v) is 7.70. The molecule has 101 valence electrons. The Kier molecular flexibility index (Phi) is 5.94. The SMILES string of the molecule is CCCCCC[CH]CCc1cccc2ccccc12. The molecule has 0 spiro atoms. The number of fused-ring (bicyclic) bond motifs is 1. The first-order valence-electron chi connectivity index (χ1n) is 7.70. The van der Waals surface area contributed by atoms with Crippen molar-refractivity contribution in [2.45, 2.75) is 51.9 Å². The van der Waals surface area contributed by atoms with Crippen LogP contribution in [-0.4, -0.2) is 0 Å². The van der Waals surface area contributed by atoms with E-state index in [0.29, 0.717) is 0 Å². The molecule has 0 aliphatic carbocycles. The molecule has 2 rings (SSSR count). The van der Waals surface area contributed by atoms with Gasteiger partial charge in [-0.15, -0.1) is 0 Å². The third-order valence-corrected chi connectivity index (χ3v) is 3.76. The summed E-state index contributed by atoms with van der Waals surface area (Å²) in [7, 11) is 0. The second kappa shape index (κ2) is 7.99. The van der Waals surface area contributed by atoms with Gasteiger partial charge in [-0.1, -0.05) is 81.5 Å². The molecule has 0 saturated heterocycles. The summed E-state index contributed by atoms with van der Waals surface area (Å²) >= 11 is 0. The van der Waals surface area contributed by atoms with Crippen molar-refractivity contribution < 1.29 is 0 Å². The second-order valence-corrected chi connectivity index (χ2v) is 5.31. The average Bonchev–Trinajstić information content (AvgIpc) is 2.46. The fourth-order valence-corrected chi connectivity index (χ4v) is 2.63. The maximum Gasteiger partial charge on any atom is -0.0152 e. The number of benzene rings is 2. The Hall–Kier alpha value is -1.30. The maximum atomic E-state index is 2.47. The van der Waals surface area contributed by atoms with Crippen molar-refractivity contribution in [1.29, 1.82) is 0 Å². The first kappa shape index (κ1) is 14.1. The lowest BCUT2D eigenvalue weighted by atomic mass is 9.99. The summed E-state index contributed by atoms with van der Waals surface area (Å²) < 4.78 is 0. The largest absolute Gasteiger partial charge is 0.0654 e. The van der Waals surface area contributed by atoms with Gasteiger partial charge in [-0.05, 0) is 35.6 Å². The van der Waals surface area contributed by atoms with Crippen LogP contribution < -0.4 is 0 Å². The Morgan fingerprint density at radius 1 is 0.842 bits per heavy atom. The quantitative estimate of drug-likeness (QED) is 0.510. The summed E-state index contributed by atoms with van der Waals surface area (Å²) in [5, 5.41) is 2.78. The minimum absolute atomic E-state index is 1.18. The molecule has 0 fully saturated rings. The number of aryl methyl sites for hydroxylation is 1. The van der Waals surface area contributed by atoms with Gasteiger partial charge in [-0.25, -0.2) is 0 Å². The monoisotopic (exact) mass is 253 g/mol. The summed E-state index contributed by atoms with van der Waals surface area (Å²) in [4.78, 5) is 0. The molecule has 0 aliphatic rings. The van der Waals surface area contributed by atoms with E-state index in [-0.39, 0.29) is 0 Å². The third kappa shape index (κ3) is 4.38. The number of hydrogen-bond donors (Lipinski definition) is 0. The van der Waals surface area contributed by atoms with Gasteiger partial charge in [0.1, 0.15) is 0 Å². The van der Waals surface area contributed by atoms with Gasteiger partial charge in [0.2, 0.25) is 0 Å². The van der Waals surface area contributed by atoms with Gasteiger partial charge < -0.3 is 0 Å². The molecule has 0 N–H and O–H groups in total. The summed E-state index contributed by atoms with van der Waals surface area (Å²) in [5.74, 6) is 0. The third-order valence-electron chi connectivity index (χ3n) is 3.76. The van der Waals surface area contributed by atoms with Crippen LogP contribution in [0.25, 0.3) is 10.8 Å².